The zero-order valence-electron chi connectivity index (χ0n) is 15.7. The van der Waals surface area contributed by atoms with E-state index in [0.29, 0.717) is 12.2 Å². The Morgan fingerprint density at radius 3 is 2.93 bits per heavy atom. The van der Waals surface area contributed by atoms with Crippen molar-refractivity contribution in [3.63, 3.8) is 0 Å². The van der Waals surface area contributed by atoms with Gasteiger partial charge in [0.25, 0.3) is 0 Å². The van der Waals surface area contributed by atoms with Crippen LogP contribution in [0, 0.1) is 5.82 Å². The molecule has 3 aromatic heterocycles. The van der Waals surface area contributed by atoms with Crippen LogP contribution in [-0.4, -0.2) is 37.9 Å². The van der Waals surface area contributed by atoms with Gasteiger partial charge in [-0.05, 0) is 25.0 Å². The summed E-state index contributed by atoms with van der Waals surface area (Å²) in [7, 11) is 0. The molecular weight excluding hydrogens is 359 g/mol. The minimum atomic E-state index is -0.507. The van der Waals surface area contributed by atoms with Gasteiger partial charge in [0.2, 0.25) is 5.91 Å². The Hall–Kier alpha value is -3.03. The first-order valence-electron chi connectivity index (χ1n) is 9.66. The number of nitrogens with one attached hydrogen (secondary N) is 3. The maximum absolute atomic E-state index is 14.4. The lowest BCUT2D eigenvalue weighted by atomic mass is 9.90. The largest absolute Gasteiger partial charge is 0.363 e. The zero-order valence-corrected chi connectivity index (χ0v) is 15.7. The second-order valence-electron chi connectivity index (χ2n) is 7.05. The summed E-state index contributed by atoms with van der Waals surface area (Å²) in [5.41, 5.74) is 1.50. The molecule has 2 atom stereocenters. The molecule has 0 aromatic carbocycles. The van der Waals surface area contributed by atoms with Gasteiger partial charge in [0.1, 0.15) is 5.65 Å². The molecule has 1 aliphatic carbocycles. The molecule has 0 spiro atoms. The number of H-pyrrole nitrogens is 1. The third-order valence-electron chi connectivity index (χ3n) is 5.19. The van der Waals surface area contributed by atoms with E-state index < -0.39 is 5.82 Å². The number of carbonyl (C=O) groups excluding carboxylic acids is 1. The maximum atomic E-state index is 14.4. The van der Waals surface area contributed by atoms with Crippen molar-refractivity contribution in [2.75, 3.05) is 5.32 Å². The number of pyridine rings is 1. The Kier molecular flexibility index (Phi) is 5.18. The van der Waals surface area contributed by atoms with Crippen molar-refractivity contribution in [3.05, 3.63) is 36.5 Å². The molecule has 8 heteroatoms. The lowest BCUT2D eigenvalue weighted by molar-refractivity contribution is -0.121. The topological polar surface area (TPSA) is 95.6 Å². The van der Waals surface area contributed by atoms with Crippen LogP contribution in [-0.2, 0) is 4.79 Å². The van der Waals surface area contributed by atoms with Crippen LogP contribution >= 0.6 is 0 Å². The van der Waals surface area contributed by atoms with Gasteiger partial charge in [-0.1, -0.05) is 19.8 Å². The molecule has 1 aliphatic rings. The second-order valence-corrected chi connectivity index (χ2v) is 7.05. The van der Waals surface area contributed by atoms with Gasteiger partial charge >= 0.3 is 0 Å². The van der Waals surface area contributed by atoms with Crippen LogP contribution in [0.3, 0.4) is 0 Å². The number of nitrogens with zero attached hydrogens (tertiary/aromatic N) is 3. The number of fused-ring (bicyclic) bond motifs is 1. The SMILES string of the molecule is CCC(=O)N[C@@H]1CCCC[C@H]1Nc1nc(-c2c[nH]c3ncccc23)ncc1F. The fourth-order valence-corrected chi connectivity index (χ4v) is 3.70. The van der Waals surface area contributed by atoms with E-state index in [9.17, 15) is 9.18 Å². The molecule has 0 aliphatic heterocycles. The monoisotopic (exact) mass is 382 g/mol. The second kappa shape index (κ2) is 7.92. The van der Waals surface area contributed by atoms with Crippen LogP contribution in [0.15, 0.2) is 30.7 Å². The Morgan fingerprint density at radius 1 is 1.29 bits per heavy atom. The van der Waals surface area contributed by atoms with Crippen molar-refractivity contribution in [3.8, 4) is 11.4 Å². The van der Waals surface area contributed by atoms with Gasteiger partial charge in [0.05, 0.1) is 6.20 Å². The molecule has 0 bridgehead atoms. The minimum absolute atomic E-state index is 0.00819. The molecule has 1 fully saturated rings. The normalized spacial score (nSPS) is 19.5. The van der Waals surface area contributed by atoms with Gasteiger partial charge < -0.3 is 15.6 Å². The predicted molar refractivity (Wildman–Crippen MR) is 105 cm³/mol. The molecule has 146 valence electrons. The van der Waals surface area contributed by atoms with E-state index in [2.05, 4.69) is 30.6 Å². The smallest absolute Gasteiger partial charge is 0.220 e. The maximum Gasteiger partial charge on any atom is 0.220 e. The average Bonchev–Trinajstić information content (AvgIpc) is 3.15. The molecule has 0 radical (unpaired) electrons. The Balaban J connectivity index is 1.61. The molecule has 3 N–H and O–H groups in total. The van der Waals surface area contributed by atoms with Gasteiger partial charge in [-0.15, -0.1) is 0 Å². The highest BCUT2D eigenvalue weighted by Gasteiger charge is 2.27. The zero-order chi connectivity index (χ0) is 19.5. The summed E-state index contributed by atoms with van der Waals surface area (Å²) in [5.74, 6) is 0.0840. The van der Waals surface area contributed by atoms with Crippen molar-refractivity contribution < 1.29 is 9.18 Å². The van der Waals surface area contributed by atoms with E-state index in [1.165, 1.54) is 6.20 Å². The van der Waals surface area contributed by atoms with E-state index in [-0.39, 0.29) is 23.8 Å². The van der Waals surface area contributed by atoms with E-state index in [1.807, 2.05) is 19.1 Å². The molecule has 7 nitrogen and oxygen atoms in total. The molecule has 0 unspecified atom stereocenters. The first-order chi connectivity index (χ1) is 13.7. The van der Waals surface area contributed by atoms with Gasteiger partial charge in [-0.3, -0.25) is 4.79 Å². The molecule has 3 heterocycles. The molecule has 1 amide bonds. The fourth-order valence-electron chi connectivity index (χ4n) is 3.70. The first kappa shape index (κ1) is 18.3. The highest BCUT2D eigenvalue weighted by atomic mass is 19.1. The molecule has 4 rings (SSSR count). The molecule has 1 saturated carbocycles. The lowest BCUT2D eigenvalue weighted by Crippen LogP contribution is -2.48. The Morgan fingerprint density at radius 2 is 2.11 bits per heavy atom. The summed E-state index contributed by atoms with van der Waals surface area (Å²) < 4.78 is 14.4. The summed E-state index contributed by atoms with van der Waals surface area (Å²) in [6.07, 6.45) is 8.90. The van der Waals surface area contributed by atoms with Gasteiger partial charge in [-0.2, -0.15) is 0 Å². The quantitative estimate of drug-likeness (QED) is 0.628. The number of halogens is 1. The number of carbonyl (C=O) groups is 1. The van der Waals surface area contributed by atoms with Crippen LogP contribution in [0.5, 0.6) is 0 Å². The van der Waals surface area contributed by atoms with E-state index in [4.69, 9.17) is 0 Å². The molecule has 3 aromatic rings. The number of hydrogen-bond donors (Lipinski definition) is 3. The van der Waals surface area contributed by atoms with Crippen LogP contribution in [0.1, 0.15) is 39.0 Å². The summed E-state index contributed by atoms with van der Waals surface area (Å²) >= 11 is 0. The number of amides is 1. The Bertz CT molecular complexity index is 988. The van der Waals surface area contributed by atoms with Crippen molar-refractivity contribution >= 4 is 22.8 Å². The van der Waals surface area contributed by atoms with Crippen LogP contribution < -0.4 is 10.6 Å². The summed E-state index contributed by atoms with van der Waals surface area (Å²) in [4.78, 5) is 27.8. The van der Waals surface area contributed by atoms with Gasteiger partial charge in [0, 0.05) is 41.8 Å². The number of hydrogen-bond acceptors (Lipinski definition) is 5. The number of aromatic amines is 1. The molecule has 28 heavy (non-hydrogen) atoms. The summed E-state index contributed by atoms with van der Waals surface area (Å²) in [6, 6.07) is 3.67. The fraction of sp³-hybridized carbons (Fsp3) is 0.400. The van der Waals surface area contributed by atoms with Crippen molar-refractivity contribution in [1.82, 2.24) is 25.3 Å². The number of rotatable bonds is 5. The van der Waals surface area contributed by atoms with Crippen LogP contribution in [0.2, 0.25) is 0 Å². The highest BCUT2D eigenvalue weighted by molar-refractivity contribution is 5.91. The van der Waals surface area contributed by atoms with Gasteiger partial charge in [-0.25, -0.2) is 19.3 Å². The highest BCUT2D eigenvalue weighted by Crippen LogP contribution is 2.27. The summed E-state index contributed by atoms with van der Waals surface area (Å²) in [6.45, 7) is 1.83. The predicted octanol–water partition coefficient (Wildman–Crippen LogP) is 3.41. The Labute approximate surface area is 162 Å². The summed E-state index contributed by atoms with van der Waals surface area (Å²) in [5, 5.41) is 7.14. The van der Waals surface area contributed by atoms with E-state index >= 15 is 0 Å². The average molecular weight is 382 g/mol. The third-order valence-corrected chi connectivity index (χ3v) is 5.19. The van der Waals surface area contributed by atoms with Crippen LogP contribution in [0.25, 0.3) is 22.4 Å². The van der Waals surface area contributed by atoms with E-state index in [1.54, 1.807) is 12.4 Å². The van der Waals surface area contributed by atoms with Crippen molar-refractivity contribution in [1.29, 1.82) is 0 Å². The third kappa shape index (κ3) is 3.67. The van der Waals surface area contributed by atoms with E-state index in [0.717, 1.165) is 42.3 Å². The standard InChI is InChI=1S/C20H23FN6O/c1-2-17(28)25-15-7-3-4-8-16(15)26-20-14(21)11-24-19(27-20)13-10-23-18-12(13)6-5-9-22-18/h5-6,9-11,15-16H,2-4,7-8H2,1H3,(H,22,23)(H,25,28)(H,24,26,27)/t15-,16-/m1/s1. The number of aromatic nitrogens is 4. The molecular formula is C20H23FN6O. The van der Waals surface area contributed by atoms with Crippen LogP contribution in [0.4, 0.5) is 10.2 Å². The lowest BCUT2D eigenvalue weighted by Gasteiger charge is -2.33. The first-order valence-corrected chi connectivity index (χ1v) is 9.66. The minimum Gasteiger partial charge on any atom is -0.363 e. The van der Waals surface area contributed by atoms with Gasteiger partial charge in [0.15, 0.2) is 17.5 Å². The molecule has 0 saturated heterocycles. The van der Waals surface area contributed by atoms with Crippen molar-refractivity contribution in [2.45, 2.75) is 51.1 Å². The van der Waals surface area contributed by atoms with Crippen molar-refractivity contribution in [2.24, 2.45) is 0 Å². The number of anilines is 1.